The van der Waals surface area contributed by atoms with Gasteiger partial charge in [-0.2, -0.15) is 0 Å². The van der Waals surface area contributed by atoms with Gasteiger partial charge in [-0.05, 0) is 43.9 Å². The van der Waals surface area contributed by atoms with Crippen LogP contribution in [0.4, 0.5) is 14.4 Å². The van der Waals surface area contributed by atoms with Crippen molar-refractivity contribution in [3.8, 4) is 0 Å². The third-order valence-electron chi connectivity index (χ3n) is 6.73. The maximum Gasteiger partial charge on any atom is 0.508 e. The molecule has 9 heteroatoms. The molecule has 1 fully saturated rings. The maximum absolute atomic E-state index is 12.3. The second-order valence-electron chi connectivity index (χ2n) is 11.2. The van der Waals surface area contributed by atoms with Crippen LogP contribution in [0, 0.1) is 11.8 Å². The highest BCUT2D eigenvalue weighted by Gasteiger charge is 2.42. The minimum absolute atomic E-state index is 0.214. The van der Waals surface area contributed by atoms with Crippen molar-refractivity contribution in [1.82, 2.24) is 0 Å². The van der Waals surface area contributed by atoms with Gasteiger partial charge in [-0.1, -0.05) is 91.9 Å². The van der Waals surface area contributed by atoms with Crippen LogP contribution in [0.3, 0.4) is 0 Å². The number of rotatable bonds is 19. The summed E-state index contributed by atoms with van der Waals surface area (Å²) in [7, 11) is 0. The highest BCUT2D eigenvalue weighted by Crippen LogP contribution is 2.28. The van der Waals surface area contributed by atoms with Crippen LogP contribution in [0.2, 0.25) is 0 Å². The van der Waals surface area contributed by atoms with Crippen molar-refractivity contribution in [1.29, 1.82) is 0 Å². The Morgan fingerprint density at radius 2 is 1.05 bits per heavy atom. The first kappa shape index (κ1) is 33.8. The lowest BCUT2D eigenvalue weighted by Gasteiger charge is -2.35. The van der Waals surface area contributed by atoms with Gasteiger partial charge in [0.05, 0.1) is 13.2 Å². The molecule has 3 unspecified atom stereocenters. The van der Waals surface area contributed by atoms with Gasteiger partial charge in [-0.15, -0.1) is 0 Å². The Kier molecular flexibility index (Phi) is 18.5. The molecule has 0 aromatic heterocycles. The smallest absolute Gasteiger partial charge is 0.450 e. The molecule has 0 saturated heterocycles. The minimum Gasteiger partial charge on any atom is -0.450 e. The third kappa shape index (κ3) is 17.3. The number of unbranched alkanes of at least 4 members (excludes halogenated alkanes) is 8. The number of carbonyl (C=O) groups excluding carboxylic acids is 2. The molecule has 0 spiro atoms. The lowest BCUT2D eigenvalue weighted by atomic mass is 9.91. The Morgan fingerprint density at radius 1 is 0.632 bits per heavy atom. The Bertz CT molecular complexity index is 650. The molecule has 1 N–H and O–H groups in total. The number of carboxylic acid groups (broad SMARTS) is 1. The highest BCUT2D eigenvalue weighted by atomic mass is 16.8. The van der Waals surface area contributed by atoms with Crippen molar-refractivity contribution in [2.45, 2.75) is 142 Å². The quantitative estimate of drug-likeness (QED) is 0.0973. The fourth-order valence-corrected chi connectivity index (χ4v) is 4.61. The predicted molar refractivity (Wildman–Crippen MR) is 144 cm³/mol. The SMILES string of the molecule is CC(C)CCCCCCCOC(=O)OC1CCCC(OC(=O)O)C1OC(=O)OCCCCCCCC(C)C. The van der Waals surface area contributed by atoms with Gasteiger partial charge in [0.1, 0.15) is 12.2 Å². The van der Waals surface area contributed by atoms with Gasteiger partial charge in [-0.3, -0.25) is 0 Å². The van der Waals surface area contributed by atoms with E-state index in [1.54, 1.807) is 0 Å². The van der Waals surface area contributed by atoms with Crippen LogP contribution in [0.15, 0.2) is 0 Å². The molecule has 3 atom stereocenters. The molecule has 0 aliphatic heterocycles. The summed E-state index contributed by atoms with van der Waals surface area (Å²) >= 11 is 0. The standard InChI is InChI=1S/C29H52O9/c1-22(2)16-11-7-5-9-13-20-34-28(32)37-25-19-15-18-24(36-27(30)31)26(25)38-29(33)35-21-14-10-6-8-12-17-23(3)4/h22-26H,5-21H2,1-4H3,(H,30,31). The van der Waals surface area contributed by atoms with Crippen molar-refractivity contribution in [2.75, 3.05) is 13.2 Å². The summed E-state index contributed by atoms with van der Waals surface area (Å²) in [6.07, 6.45) is 7.91. The molecule has 38 heavy (non-hydrogen) atoms. The maximum atomic E-state index is 12.3. The summed E-state index contributed by atoms with van der Waals surface area (Å²) in [6, 6.07) is 0. The summed E-state index contributed by atoms with van der Waals surface area (Å²) in [5, 5.41) is 9.10. The molecule has 1 aliphatic carbocycles. The number of ether oxygens (including phenoxy) is 5. The second kappa shape index (κ2) is 20.7. The molecule has 1 saturated carbocycles. The van der Waals surface area contributed by atoms with Gasteiger partial charge in [-0.25, -0.2) is 14.4 Å². The van der Waals surface area contributed by atoms with Crippen molar-refractivity contribution >= 4 is 18.5 Å². The number of hydrogen-bond acceptors (Lipinski definition) is 8. The molecule has 1 rings (SSSR count). The van der Waals surface area contributed by atoms with E-state index in [0.717, 1.165) is 50.9 Å². The first-order valence-electron chi connectivity index (χ1n) is 14.8. The molecule has 0 bridgehead atoms. The second-order valence-corrected chi connectivity index (χ2v) is 11.2. The van der Waals surface area contributed by atoms with Gasteiger partial charge in [0, 0.05) is 0 Å². The van der Waals surface area contributed by atoms with Gasteiger partial charge in [0.2, 0.25) is 0 Å². The van der Waals surface area contributed by atoms with E-state index >= 15 is 0 Å². The van der Waals surface area contributed by atoms with E-state index in [1.807, 2.05) is 0 Å². The van der Waals surface area contributed by atoms with E-state index in [1.165, 1.54) is 32.1 Å². The van der Waals surface area contributed by atoms with Crippen molar-refractivity contribution in [2.24, 2.45) is 11.8 Å². The fraction of sp³-hybridized carbons (Fsp3) is 0.897. The summed E-state index contributed by atoms with van der Waals surface area (Å²) in [5.41, 5.74) is 0. The van der Waals surface area contributed by atoms with Crippen molar-refractivity contribution in [3.63, 3.8) is 0 Å². The van der Waals surface area contributed by atoms with Crippen LogP contribution in [0.1, 0.15) is 124 Å². The minimum atomic E-state index is -1.48. The van der Waals surface area contributed by atoms with E-state index < -0.39 is 36.8 Å². The van der Waals surface area contributed by atoms with E-state index in [-0.39, 0.29) is 13.2 Å². The first-order valence-corrected chi connectivity index (χ1v) is 14.8. The fourth-order valence-electron chi connectivity index (χ4n) is 4.61. The van der Waals surface area contributed by atoms with Crippen LogP contribution in [0.25, 0.3) is 0 Å². The van der Waals surface area contributed by atoms with Gasteiger partial charge in [0.25, 0.3) is 0 Å². The van der Waals surface area contributed by atoms with Crippen LogP contribution in [-0.2, 0) is 23.7 Å². The van der Waals surface area contributed by atoms with Gasteiger partial charge in [0.15, 0.2) is 6.10 Å². The number of hydrogen-bond donors (Lipinski definition) is 1. The van der Waals surface area contributed by atoms with Crippen molar-refractivity contribution < 1.29 is 43.2 Å². The molecule has 0 aromatic carbocycles. The normalized spacial score (nSPS) is 19.3. The summed E-state index contributed by atoms with van der Waals surface area (Å²) in [4.78, 5) is 35.7. The molecule has 0 aromatic rings. The molecular formula is C29H52O9. The summed E-state index contributed by atoms with van der Waals surface area (Å²) < 4.78 is 26.1. The molecule has 9 nitrogen and oxygen atoms in total. The largest absolute Gasteiger partial charge is 0.508 e. The molecule has 222 valence electrons. The average Bonchev–Trinajstić information content (AvgIpc) is 2.83. The Hall–Kier alpha value is -2.19. The van der Waals surface area contributed by atoms with E-state index in [0.29, 0.717) is 25.2 Å². The Balaban J connectivity index is 2.40. The lowest BCUT2D eigenvalue weighted by Crippen LogP contribution is -2.48. The zero-order chi connectivity index (χ0) is 28.2. The molecule has 0 radical (unpaired) electrons. The molecule has 0 amide bonds. The van der Waals surface area contributed by atoms with E-state index in [9.17, 15) is 14.4 Å². The van der Waals surface area contributed by atoms with Gasteiger partial charge < -0.3 is 28.8 Å². The van der Waals surface area contributed by atoms with Crippen molar-refractivity contribution in [3.05, 3.63) is 0 Å². The van der Waals surface area contributed by atoms with Crippen LogP contribution in [-0.4, -0.2) is 55.1 Å². The molecular weight excluding hydrogens is 492 g/mol. The molecule has 1 aliphatic rings. The zero-order valence-corrected chi connectivity index (χ0v) is 24.1. The average molecular weight is 545 g/mol. The molecule has 0 heterocycles. The third-order valence-corrected chi connectivity index (χ3v) is 6.73. The topological polar surface area (TPSA) is 118 Å². The lowest BCUT2D eigenvalue weighted by molar-refractivity contribution is -0.123. The highest BCUT2D eigenvalue weighted by molar-refractivity contribution is 5.62. The Labute approximate surface area is 229 Å². The van der Waals surface area contributed by atoms with E-state index in [4.69, 9.17) is 28.8 Å². The monoisotopic (exact) mass is 544 g/mol. The van der Waals surface area contributed by atoms with E-state index in [2.05, 4.69) is 27.7 Å². The Morgan fingerprint density at radius 3 is 1.53 bits per heavy atom. The summed E-state index contributed by atoms with van der Waals surface area (Å²) in [6.45, 7) is 9.33. The first-order chi connectivity index (χ1) is 18.2. The number of carbonyl (C=O) groups is 3. The van der Waals surface area contributed by atoms with Crippen LogP contribution < -0.4 is 0 Å². The zero-order valence-electron chi connectivity index (χ0n) is 24.1. The van der Waals surface area contributed by atoms with Crippen LogP contribution >= 0.6 is 0 Å². The van der Waals surface area contributed by atoms with Crippen LogP contribution in [0.5, 0.6) is 0 Å². The summed E-state index contributed by atoms with van der Waals surface area (Å²) in [5.74, 6) is 1.43. The predicted octanol–water partition coefficient (Wildman–Crippen LogP) is 8.27. The van der Waals surface area contributed by atoms with Gasteiger partial charge >= 0.3 is 18.5 Å².